The van der Waals surface area contributed by atoms with Crippen LogP contribution in [0.4, 0.5) is 0 Å². The molecule has 0 saturated carbocycles. The Labute approximate surface area is 136 Å². The van der Waals surface area contributed by atoms with Gasteiger partial charge in [-0.05, 0) is 43.5 Å². The first kappa shape index (κ1) is 13.3. The zero-order valence-electron chi connectivity index (χ0n) is 11.8. The van der Waals surface area contributed by atoms with Gasteiger partial charge in [-0.3, -0.25) is 0 Å². The molecule has 1 aromatic heterocycles. The van der Waals surface area contributed by atoms with Crippen LogP contribution >= 0.6 is 27.3 Å². The number of rotatable bonds is 1. The highest BCUT2D eigenvalue weighted by atomic mass is 79.9. The lowest BCUT2D eigenvalue weighted by molar-refractivity contribution is -0.0911. The quantitative estimate of drug-likeness (QED) is 0.728. The molecule has 2 aliphatic rings. The summed E-state index contributed by atoms with van der Waals surface area (Å²) in [6.45, 7) is 4.15. The van der Waals surface area contributed by atoms with E-state index in [1.165, 1.54) is 10.4 Å². The second-order valence-corrected chi connectivity index (χ2v) is 7.68. The Morgan fingerprint density at radius 2 is 2.24 bits per heavy atom. The van der Waals surface area contributed by atoms with Crippen LogP contribution in [0.15, 0.2) is 45.3 Å². The highest BCUT2D eigenvalue weighted by molar-refractivity contribution is 9.10. The number of nitrogens with zero attached hydrogens (tertiary/aromatic N) is 2. The zero-order chi connectivity index (χ0) is 14.6. The minimum atomic E-state index is -0.426. The van der Waals surface area contributed by atoms with Gasteiger partial charge in [0.1, 0.15) is 5.75 Å². The van der Waals surface area contributed by atoms with Crippen LogP contribution in [-0.2, 0) is 0 Å². The maximum Gasteiger partial charge on any atom is 0.192 e. The summed E-state index contributed by atoms with van der Waals surface area (Å²) in [6, 6.07) is 10.7. The Morgan fingerprint density at radius 1 is 1.38 bits per heavy atom. The highest BCUT2D eigenvalue weighted by Gasteiger charge is 2.44. The number of hydrogen-bond donors (Lipinski definition) is 0. The summed E-state index contributed by atoms with van der Waals surface area (Å²) in [7, 11) is 0. The third kappa shape index (κ3) is 2.10. The number of hydrazone groups is 1. The van der Waals surface area contributed by atoms with E-state index in [2.05, 4.69) is 58.4 Å². The number of hydrogen-bond acceptors (Lipinski definition) is 4. The van der Waals surface area contributed by atoms with Gasteiger partial charge in [0.15, 0.2) is 5.72 Å². The molecule has 0 radical (unpaired) electrons. The van der Waals surface area contributed by atoms with Crippen molar-refractivity contribution in [2.45, 2.75) is 32.0 Å². The lowest BCUT2D eigenvalue weighted by Crippen LogP contribution is -2.48. The van der Waals surface area contributed by atoms with E-state index in [0.717, 1.165) is 22.4 Å². The molecule has 21 heavy (non-hydrogen) atoms. The second kappa shape index (κ2) is 4.58. The first-order valence-corrected chi connectivity index (χ1v) is 8.61. The fourth-order valence-corrected chi connectivity index (χ4v) is 4.13. The van der Waals surface area contributed by atoms with E-state index in [4.69, 9.17) is 9.84 Å². The maximum absolute atomic E-state index is 6.16. The molecule has 1 atom stereocenters. The van der Waals surface area contributed by atoms with Crippen LogP contribution < -0.4 is 4.74 Å². The summed E-state index contributed by atoms with van der Waals surface area (Å²) in [5, 5.41) is 9.06. The largest absolute Gasteiger partial charge is 0.467 e. The van der Waals surface area contributed by atoms with E-state index < -0.39 is 5.72 Å². The molecule has 0 spiro atoms. The molecule has 1 aromatic carbocycles. The lowest BCUT2D eigenvalue weighted by Gasteiger charge is -2.43. The zero-order valence-corrected chi connectivity index (χ0v) is 14.2. The summed E-state index contributed by atoms with van der Waals surface area (Å²) in [5.74, 6) is 0.965. The Kier molecular flexibility index (Phi) is 2.91. The molecule has 0 aliphatic carbocycles. The lowest BCUT2D eigenvalue weighted by atomic mass is 9.97. The highest BCUT2D eigenvalue weighted by Crippen LogP contribution is 2.47. The van der Waals surface area contributed by atoms with Gasteiger partial charge in [0.25, 0.3) is 0 Å². The minimum absolute atomic E-state index is 0.248. The molecule has 0 saturated heterocycles. The van der Waals surface area contributed by atoms with Gasteiger partial charge in [0.2, 0.25) is 0 Å². The molecule has 4 rings (SSSR count). The van der Waals surface area contributed by atoms with E-state index in [9.17, 15) is 0 Å². The summed E-state index contributed by atoms with van der Waals surface area (Å²) in [4.78, 5) is 1.25. The van der Waals surface area contributed by atoms with E-state index in [1.54, 1.807) is 11.3 Å². The van der Waals surface area contributed by atoms with Crippen molar-refractivity contribution in [3.05, 3.63) is 50.6 Å². The van der Waals surface area contributed by atoms with Gasteiger partial charge < -0.3 is 4.74 Å². The van der Waals surface area contributed by atoms with Crippen molar-refractivity contribution in [2.75, 3.05) is 0 Å². The molecule has 2 aliphatic heterocycles. The summed E-state index contributed by atoms with van der Waals surface area (Å²) < 4.78 is 7.23. The van der Waals surface area contributed by atoms with E-state index in [1.807, 2.05) is 12.1 Å². The third-order valence-corrected chi connectivity index (χ3v) is 5.37. The van der Waals surface area contributed by atoms with Crippen molar-refractivity contribution >= 4 is 33.0 Å². The van der Waals surface area contributed by atoms with Gasteiger partial charge >= 0.3 is 0 Å². The van der Waals surface area contributed by atoms with Gasteiger partial charge in [0.05, 0.1) is 16.6 Å². The third-order valence-electron chi connectivity index (χ3n) is 3.96. The van der Waals surface area contributed by atoms with Crippen molar-refractivity contribution < 1.29 is 4.74 Å². The molecule has 1 unspecified atom stereocenters. The van der Waals surface area contributed by atoms with Crippen molar-refractivity contribution in [1.29, 1.82) is 0 Å². The Bertz CT molecular complexity index is 724. The number of benzene rings is 1. The van der Waals surface area contributed by atoms with Crippen molar-refractivity contribution in [2.24, 2.45) is 5.10 Å². The second-order valence-electron chi connectivity index (χ2n) is 5.82. The predicted octanol–water partition coefficient (Wildman–Crippen LogP) is 4.79. The van der Waals surface area contributed by atoms with Crippen LogP contribution in [0.1, 0.15) is 36.8 Å². The average molecular weight is 363 g/mol. The topological polar surface area (TPSA) is 24.8 Å². The first-order valence-electron chi connectivity index (χ1n) is 6.94. The molecule has 5 heteroatoms. The number of fused-ring (bicyclic) bond motifs is 3. The first-order chi connectivity index (χ1) is 10.0. The molecular formula is C16H15BrN2OS. The predicted molar refractivity (Wildman–Crippen MR) is 88.9 cm³/mol. The van der Waals surface area contributed by atoms with E-state index in [-0.39, 0.29) is 6.04 Å². The summed E-state index contributed by atoms with van der Waals surface area (Å²) in [5.41, 5.74) is 1.93. The van der Waals surface area contributed by atoms with Crippen LogP contribution in [0.5, 0.6) is 5.75 Å². The van der Waals surface area contributed by atoms with Crippen LogP contribution in [0.2, 0.25) is 0 Å². The molecule has 0 bridgehead atoms. The molecule has 3 heterocycles. The van der Waals surface area contributed by atoms with Gasteiger partial charge in [0, 0.05) is 16.5 Å². The Balaban J connectivity index is 1.80. The Hall–Kier alpha value is -1.33. The van der Waals surface area contributed by atoms with Crippen LogP contribution in [0, 0.1) is 0 Å². The number of ether oxygens (including phenoxy) is 1. The normalized spacial score (nSPS) is 22.3. The summed E-state index contributed by atoms with van der Waals surface area (Å²) in [6.07, 6.45) is 0.927. The van der Waals surface area contributed by atoms with Crippen molar-refractivity contribution in [1.82, 2.24) is 5.01 Å². The molecule has 0 fully saturated rings. The standard InChI is InChI=1S/C16H15BrN2OS/c1-16(2)19-13(9-12(18-19)15-4-3-7-21-15)11-8-10(17)5-6-14(11)20-16/h3-8,13H,9H2,1-2H3. The maximum atomic E-state index is 6.16. The number of halogens is 1. The van der Waals surface area contributed by atoms with Gasteiger partial charge in [-0.2, -0.15) is 5.10 Å². The molecule has 0 amide bonds. The minimum Gasteiger partial charge on any atom is -0.467 e. The number of thiophene rings is 1. The Morgan fingerprint density at radius 3 is 3.00 bits per heavy atom. The van der Waals surface area contributed by atoms with E-state index >= 15 is 0 Å². The molecular weight excluding hydrogens is 348 g/mol. The fourth-order valence-electron chi connectivity index (χ4n) is 3.03. The summed E-state index contributed by atoms with van der Waals surface area (Å²) >= 11 is 5.30. The molecule has 2 aromatic rings. The molecule has 3 nitrogen and oxygen atoms in total. The van der Waals surface area contributed by atoms with Gasteiger partial charge in [-0.25, -0.2) is 5.01 Å². The van der Waals surface area contributed by atoms with Crippen LogP contribution in [-0.4, -0.2) is 16.4 Å². The fraction of sp³-hybridized carbons (Fsp3) is 0.312. The average Bonchev–Trinajstić information content (AvgIpc) is 3.07. The molecule has 108 valence electrons. The van der Waals surface area contributed by atoms with Crippen LogP contribution in [0.25, 0.3) is 0 Å². The molecule has 0 N–H and O–H groups in total. The monoisotopic (exact) mass is 362 g/mol. The SMILES string of the molecule is CC1(C)Oc2ccc(Br)cc2C2CC(c3cccs3)=NN21. The van der Waals surface area contributed by atoms with E-state index in [0.29, 0.717) is 0 Å². The van der Waals surface area contributed by atoms with Crippen molar-refractivity contribution in [3.63, 3.8) is 0 Å². The van der Waals surface area contributed by atoms with Gasteiger partial charge in [-0.1, -0.05) is 22.0 Å². The van der Waals surface area contributed by atoms with Crippen LogP contribution in [0.3, 0.4) is 0 Å². The smallest absolute Gasteiger partial charge is 0.192 e. The van der Waals surface area contributed by atoms with Gasteiger partial charge in [-0.15, -0.1) is 11.3 Å². The van der Waals surface area contributed by atoms with Crippen molar-refractivity contribution in [3.8, 4) is 5.75 Å².